The molecule has 2 aromatic carbocycles. The van der Waals surface area contributed by atoms with Gasteiger partial charge in [-0.25, -0.2) is 8.42 Å². The van der Waals surface area contributed by atoms with E-state index in [1.165, 1.54) is 7.11 Å². The van der Waals surface area contributed by atoms with Crippen LogP contribution < -0.4 is 14.4 Å². The minimum absolute atomic E-state index is 0.305. The Morgan fingerprint density at radius 1 is 1.17 bits per heavy atom. The maximum absolute atomic E-state index is 12.3. The van der Waals surface area contributed by atoms with Crippen LogP contribution in [0.5, 0.6) is 5.75 Å². The van der Waals surface area contributed by atoms with Gasteiger partial charge in [-0.3, -0.25) is 9.10 Å². The first-order chi connectivity index (χ1) is 11.3. The molecule has 0 atom stereocenters. The van der Waals surface area contributed by atoms with Gasteiger partial charge in [0.2, 0.25) is 15.9 Å². The van der Waals surface area contributed by atoms with E-state index >= 15 is 0 Å². The van der Waals surface area contributed by atoms with E-state index in [1.807, 2.05) is 6.07 Å². The van der Waals surface area contributed by atoms with Crippen LogP contribution in [0.25, 0.3) is 0 Å². The van der Waals surface area contributed by atoms with Gasteiger partial charge in [0.05, 0.1) is 19.1 Å². The van der Waals surface area contributed by atoms with Crippen molar-refractivity contribution in [1.82, 2.24) is 0 Å². The largest absolute Gasteiger partial charge is 0.497 e. The molecule has 0 bridgehead atoms. The second-order valence-electron chi connectivity index (χ2n) is 5.34. The molecule has 1 amide bonds. The van der Waals surface area contributed by atoms with Crippen LogP contribution in [-0.2, 0) is 14.8 Å². The number of sulfonamides is 1. The topological polar surface area (TPSA) is 75.7 Å². The highest BCUT2D eigenvalue weighted by molar-refractivity contribution is 7.92. The lowest BCUT2D eigenvalue weighted by Gasteiger charge is -2.23. The fraction of sp³-hybridized carbons (Fsp3) is 0.235. The zero-order valence-corrected chi connectivity index (χ0v) is 14.6. The molecule has 0 saturated heterocycles. The minimum Gasteiger partial charge on any atom is -0.497 e. The van der Waals surface area contributed by atoms with Gasteiger partial charge in [-0.1, -0.05) is 24.3 Å². The molecule has 6 nitrogen and oxygen atoms in total. The number of rotatable bonds is 6. The van der Waals surface area contributed by atoms with Crippen molar-refractivity contribution in [2.24, 2.45) is 0 Å². The van der Waals surface area contributed by atoms with Gasteiger partial charge in [-0.15, -0.1) is 0 Å². The highest BCUT2D eigenvalue weighted by atomic mass is 32.2. The molecule has 0 unspecified atom stereocenters. The number of methoxy groups -OCH3 is 1. The normalized spacial score (nSPS) is 11.0. The maximum atomic E-state index is 12.3. The zero-order valence-electron chi connectivity index (χ0n) is 13.8. The molecule has 0 aromatic heterocycles. The molecule has 24 heavy (non-hydrogen) atoms. The number of hydrogen-bond donors (Lipinski definition) is 1. The fourth-order valence-electron chi connectivity index (χ4n) is 2.26. The second-order valence-corrected chi connectivity index (χ2v) is 7.24. The lowest BCUT2D eigenvalue weighted by atomic mass is 10.2. The molecule has 0 heterocycles. The number of anilines is 2. The van der Waals surface area contributed by atoms with Gasteiger partial charge in [0.25, 0.3) is 0 Å². The number of para-hydroxylation sites is 1. The fourth-order valence-corrected chi connectivity index (χ4v) is 3.17. The number of ether oxygens (including phenoxy) is 1. The van der Waals surface area contributed by atoms with Crippen LogP contribution in [0, 0.1) is 6.92 Å². The zero-order chi connectivity index (χ0) is 17.7. The summed E-state index contributed by atoms with van der Waals surface area (Å²) >= 11 is 0. The highest BCUT2D eigenvalue weighted by Gasteiger charge is 2.22. The van der Waals surface area contributed by atoms with Gasteiger partial charge in [0.15, 0.2) is 0 Å². The number of nitrogens with zero attached hydrogens (tertiary/aromatic N) is 1. The van der Waals surface area contributed by atoms with Gasteiger partial charge in [0.1, 0.15) is 12.3 Å². The number of benzene rings is 2. The first-order valence-electron chi connectivity index (χ1n) is 7.28. The third-order valence-corrected chi connectivity index (χ3v) is 4.55. The molecule has 2 aromatic rings. The van der Waals surface area contributed by atoms with E-state index in [1.54, 1.807) is 49.4 Å². The molecule has 0 saturated carbocycles. The van der Waals surface area contributed by atoms with Crippen LogP contribution in [0.4, 0.5) is 11.4 Å². The number of aryl methyl sites for hydroxylation is 1. The average Bonchev–Trinajstić information content (AvgIpc) is 2.52. The number of carbonyl (C=O) groups is 1. The Morgan fingerprint density at radius 2 is 1.88 bits per heavy atom. The molecule has 7 heteroatoms. The summed E-state index contributed by atoms with van der Waals surface area (Å²) in [5, 5.41) is 2.68. The van der Waals surface area contributed by atoms with Crippen LogP contribution in [0.1, 0.15) is 5.56 Å². The van der Waals surface area contributed by atoms with Crippen molar-refractivity contribution in [3.63, 3.8) is 0 Å². The van der Waals surface area contributed by atoms with Crippen molar-refractivity contribution in [2.75, 3.05) is 29.5 Å². The Labute approximate surface area is 142 Å². The summed E-state index contributed by atoms with van der Waals surface area (Å²) in [5.41, 5.74) is 1.80. The van der Waals surface area contributed by atoms with Gasteiger partial charge in [-0.05, 0) is 30.7 Å². The Hall–Kier alpha value is -2.54. The number of amides is 1. The maximum Gasteiger partial charge on any atom is 0.245 e. The molecule has 0 aliphatic carbocycles. The van der Waals surface area contributed by atoms with Crippen molar-refractivity contribution >= 4 is 27.3 Å². The minimum atomic E-state index is -3.59. The molecule has 0 fully saturated rings. The number of carbonyl (C=O) groups excluding carboxylic acids is 1. The van der Waals surface area contributed by atoms with Gasteiger partial charge in [0, 0.05) is 11.8 Å². The molecule has 0 aliphatic rings. The smallest absolute Gasteiger partial charge is 0.245 e. The predicted octanol–water partition coefficient (Wildman–Crippen LogP) is 2.41. The highest BCUT2D eigenvalue weighted by Crippen LogP contribution is 2.22. The third kappa shape index (κ3) is 4.48. The summed E-state index contributed by atoms with van der Waals surface area (Å²) in [6.45, 7) is 1.49. The first kappa shape index (κ1) is 17.8. The van der Waals surface area contributed by atoms with Gasteiger partial charge < -0.3 is 10.1 Å². The monoisotopic (exact) mass is 348 g/mol. The number of nitrogens with one attached hydrogen (secondary N) is 1. The molecule has 0 aliphatic heterocycles. The van der Waals surface area contributed by atoms with E-state index < -0.39 is 15.9 Å². The van der Waals surface area contributed by atoms with Crippen LogP contribution in [0.2, 0.25) is 0 Å². The Balaban J connectivity index is 2.21. The molecule has 2 rings (SSSR count). The van der Waals surface area contributed by atoms with Crippen molar-refractivity contribution < 1.29 is 17.9 Å². The summed E-state index contributed by atoms with van der Waals surface area (Å²) in [4.78, 5) is 12.3. The van der Waals surface area contributed by atoms with E-state index in [-0.39, 0.29) is 6.54 Å². The third-order valence-electron chi connectivity index (χ3n) is 3.43. The van der Waals surface area contributed by atoms with Crippen LogP contribution in [0.3, 0.4) is 0 Å². The molecule has 0 spiro atoms. The summed E-state index contributed by atoms with van der Waals surface area (Å²) in [7, 11) is -2.06. The molecule has 1 N–H and O–H groups in total. The van der Waals surface area contributed by atoms with Crippen LogP contribution in [0.15, 0.2) is 48.5 Å². The van der Waals surface area contributed by atoms with Crippen molar-refractivity contribution in [1.29, 1.82) is 0 Å². The van der Waals surface area contributed by atoms with Crippen molar-refractivity contribution in [3.8, 4) is 5.75 Å². The SMILES string of the molecule is COc1cccc(NC(=O)CN(c2ccccc2C)S(C)(=O)=O)c1. The Kier molecular flexibility index (Phi) is 5.46. The summed E-state index contributed by atoms with van der Waals surface area (Å²) in [6.07, 6.45) is 1.08. The van der Waals surface area contributed by atoms with Crippen molar-refractivity contribution in [3.05, 3.63) is 54.1 Å². The van der Waals surface area contributed by atoms with E-state index in [0.29, 0.717) is 17.1 Å². The standard InChI is InChI=1S/C17H20N2O4S/c1-13-7-4-5-10-16(13)19(24(3,21)22)12-17(20)18-14-8-6-9-15(11-14)23-2/h4-11H,12H2,1-3H3,(H,18,20). The lowest BCUT2D eigenvalue weighted by Crippen LogP contribution is -2.37. The second kappa shape index (κ2) is 7.35. The van der Waals surface area contributed by atoms with Crippen LogP contribution >= 0.6 is 0 Å². The Morgan fingerprint density at radius 3 is 2.50 bits per heavy atom. The van der Waals surface area contributed by atoms with Crippen molar-refractivity contribution in [2.45, 2.75) is 6.92 Å². The van der Waals surface area contributed by atoms with E-state index in [4.69, 9.17) is 4.74 Å². The van der Waals surface area contributed by atoms with Gasteiger partial charge in [-0.2, -0.15) is 0 Å². The van der Waals surface area contributed by atoms with E-state index in [9.17, 15) is 13.2 Å². The van der Waals surface area contributed by atoms with E-state index in [0.717, 1.165) is 16.1 Å². The summed E-state index contributed by atoms with van der Waals surface area (Å²) in [6, 6.07) is 13.9. The lowest BCUT2D eigenvalue weighted by molar-refractivity contribution is -0.114. The predicted molar refractivity (Wildman–Crippen MR) is 95.0 cm³/mol. The van der Waals surface area contributed by atoms with E-state index in [2.05, 4.69) is 5.32 Å². The first-order valence-corrected chi connectivity index (χ1v) is 9.13. The summed E-state index contributed by atoms with van der Waals surface area (Å²) in [5.74, 6) is 0.170. The summed E-state index contributed by atoms with van der Waals surface area (Å²) < 4.78 is 30.4. The van der Waals surface area contributed by atoms with Crippen LogP contribution in [-0.4, -0.2) is 34.2 Å². The molecule has 0 radical (unpaired) electrons. The van der Waals surface area contributed by atoms with Gasteiger partial charge >= 0.3 is 0 Å². The number of hydrogen-bond acceptors (Lipinski definition) is 4. The molecule has 128 valence electrons. The Bertz CT molecular complexity index is 834. The quantitative estimate of drug-likeness (QED) is 0.870. The molecular weight excluding hydrogens is 328 g/mol. The average molecular weight is 348 g/mol. The molecular formula is C17H20N2O4S.